The minimum absolute atomic E-state index is 0.341. The van der Waals surface area contributed by atoms with Crippen molar-refractivity contribution < 1.29 is 14.6 Å². The number of nitrogens with zero attached hydrogens (tertiary/aromatic N) is 1. The summed E-state index contributed by atoms with van der Waals surface area (Å²) in [7, 11) is 0. The minimum Gasteiger partial charge on any atom is -0.479 e. The van der Waals surface area contributed by atoms with Crippen molar-refractivity contribution in [1.82, 2.24) is 0 Å². The highest BCUT2D eigenvalue weighted by Gasteiger charge is 2.21. The monoisotopic (exact) mass is 287 g/mol. The van der Waals surface area contributed by atoms with Crippen molar-refractivity contribution in [3.63, 3.8) is 0 Å². The Bertz CT molecular complexity index is 607. The zero-order valence-electron chi connectivity index (χ0n) is 12.5. The maximum atomic E-state index is 11.3. The van der Waals surface area contributed by atoms with Gasteiger partial charge in [-0.3, -0.25) is 0 Å². The van der Waals surface area contributed by atoms with E-state index in [0.717, 1.165) is 23.0 Å². The number of ether oxygens (including phenoxy) is 1. The van der Waals surface area contributed by atoms with Gasteiger partial charge in [-0.2, -0.15) is 0 Å². The molecule has 0 bridgehead atoms. The van der Waals surface area contributed by atoms with Crippen molar-refractivity contribution in [2.75, 3.05) is 24.6 Å². The predicted octanol–water partition coefficient (Wildman–Crippen LogP) is 3.16. The van der Waals surface area contributed by atoms with Crippen LogP contribution in [0.1, 0.15) is 13.8 Å². The van der Waals surface area contributed by atoms with Crippen LogP contribution in [0.4, 0.5) is 5.69 Å². The van der Waals surface area contributed by atoms with Gasteiger partial charge in [-0.25, -0.2) is 4.79 Å². The van der Waals surface area contributed by atoms with Crippen LogP contribution in [0.25, 0.3) is 10.8 Å². The van der Waals surface area contributed by atoms with Gasteiger partial charge in [-0.15, -0.1) is 0 Å². The van der Waals surface area contributed by atoms with E-state index < -0.39 is 12.1 Å². The molecule has 2 aromatic carbocycles. The summed E-state index contributed by atoms with van der Waals surface area (Å²) in [6, 6.07) is 14.2. The first-order valence-corrected chi connectivity index (χ1v) is 7.24. The van der Waals surface area contributed by atoms with Crippen molar-refractivity contribution in [2.45, 2.75) is 20.0 Å². The largest absolute Gasteiger partial charge is 0.479 e. The molecule has 0 radical (unpaired) electrons. The molecule has 0 aliphatic heterocycles. The molecule has 1 unspecified atom stereocenters. The van der Waals surface area contributed by atoms with Crippen molar-refractivity contribution in [3.8, 4) is 0 Å². The smallest absolute Gasteiger partial charge is 0.334 e. The fourth-order valence-electron chi connectivity index (χ4n) is 2.49. The first kappa shape index (κ1) is 15.3. The molecule has 1 N–H and O–H groups in total. The lowest BCUT2D eigenvalue weighted by molar-refractivity contribution is -0.149. The number of rotatable bonds is 7. The number of aliphatic carboxylic acids is 1. The lowest BCUT2D eigenvalue weighted by atomic mass is 10.1. The molecule has 0 aliphatic rings. The van der Waals surface area contributed by atoms with Crippen LogP contribution >= 0.6 is 0 Å². The number of hydrogen-bond acceptors (Lipinski definition) is 3. The molecule has 0 saturated carbocycles. The molecule has 1 atom stereocenters. The normalized spacial score (nSPS) is 12.3. The average Bonchev–Trinajstić information content (AvgIpc) is 2.51. The molecular formula is C17H21NO3. The Labute approximate surface area is 124 Å². The van der Waals surface area contributed by atoms with Gasteiger partial charge in [0.15, 0.2) is 6.10 Å². The molecule has 4 heteroatoms. The van der Waals surface area contributed by atoms with Crippen molar-refractivity contribution >= 4 is 22.4 Å². The summed E-state index contributed by atoms with van der Waals surface area (Å²) in [5.74, 6) is -0.921. The van der Waals surface area contributed by atoms with Crippen LogP contribution in [-0.4, -0.2) is 36.9 Å². The van der Waals surface area contributed by atoms with Gasteiger partial charge >= 0.3 is 5.97 Å². The molecule has 112 valence electrons. The van der Waals surface area contributed by atoms with E-state index in [9.17, 15) is 9.90 Å². The maximum absolute atomic E-state index is 11.3. The average molecular weight is 287 g/mol. The van der Waals surface area contributed by atoms with Gasteiger partial charge in [0, 0.05) is 24.2 Å². The van der Waals surface area contributed by atoms with Crippen LogP contribution in [0, 0.1) is 0 Å². The summed E-state index contributed by atoms with van der Waals surface area (Å²) in [6.07, 6.45) is -0.811. The van der Waals surface area contributed by atoms with Crippen LogP contribution in [0.3, 0.4) is 0 Å². The summed E-state index contributed by atoms with van der Waals surface area (Å²) >= 11 is 0. The molecular weight excluding hydrogens is 266 g/mol. The Morgan fingerprint density at radius 1 is 1.19 bits per heavy atom. The summed E-state index contributed by atoms with van der Waals surface area (Å²) < 4.78 is 5.33. The first-order chi connectivity index (χ1) is 10.2. The molecule has 0 heterocycles. The topological polar surface area (TPSA) is 49.8 Å². The second-order valence-electron chi connectivity index (χ2n) is 4.82. The maximum Gasteiger partial charge on any atom is 0.334 e. The first-order valence-electron chi connectivity index (χ1n) is 7.24. The number of fused-ring (bicyclic) bond motifs is 1. The van der Waals surface area contributed by atoms with Gasteiger partial charge in [-0.05, 0) is 25.3 Å². The van der Waals surface area contributed by atoms with E-state index in [1.165, 1.54) is 0 Å². The fourth-order valence-corrected chi connectivity index (χ4v) is 2.49. The zero-order valence-corrected chi connectivity index (χ0v) is 12.5. The third-order valence-corrected chi connectivity index (χ3v) is 3.52. The molecule has 0 amide bonds. The second kappa shape index (κ2) is 7.09. The van der Waals surface area contributed by atoms with E-state index in [4.69, 9.17) is 4.74 Å². The number of carboxylic acids is 1. The highest BCUT2D eigenvalue weighted by Crippen LogP contribution is 2.26. The van der Waals surface area contributed by atoms with Crippen LogP contribution in [-0.2, 0) is 9.53 Å². The Morgan fingerprint density at radius 2 is 1.90 bits per heavy atom. The van der Waals surface area contributed by atoms with Crippen LogP contribution in [0.15, 0.2) is 42.5 Å². The third kappa shape index (κ3) is 3.52. The highest BCUT2D eigenvalue weighted by molar-refractivity contribution is 5.94. The van der Waals surface area contributed by atoms with Crippen LogP contribution in [0.5, 0.6) is 0 Å². The summed E-state index contributed by atoms with van der Waals surface area (Å²) in [6.45, 7) is 5.29. The number of benzene rings is 2. The Morgan fingerprint density at radius 3 is 2.57 bits per heavy atom. The van der Waals surface area contributed by atoms with Crippen LogP contribution in [0.2, 0.25) is 0 Å². The molecule has 2 aromatic rings. The van der Waals surface area contributed by atoms with Crippen molar-refractivity contribution in [2.24, 2.45) is 0 Å². The molecule has 0 fully saturated rings. The van der Waals surface area contributed by atoms with E-state index in [2.05, 4.69) is 23.1 Å². The van der Waals surface area contributed by atoms with Crippen LogP contribution < -0.4 is 4.90 Å². The van der Waals surface area contributed by atoms with E-state index >= 15 is 0 Å². The minimum atomic E-state index is -0.921. The summed E-state index contributed by atoms with van der Waals surface area (Å²) in [4.78, 5) is 13.3. The standard InChI is InChI=1S/C17H21NO3/c1-3-18(12-16(17(19)20)21-4-2)15-11-7-9-13-8-5-6-10-14(13)15/h5-11,16H,3-4,12H2,1-2H3,(H,19,20). The number of hydrogen-bond donors (Lipinski definition) is 1. The lowest BCUT2D eigenvalue weighted by Gasteiger charge is -2.27. The Balaban J connectivity index is 2.33. The van der Waals surface area contributed by atoms with Gasteiger partial charge < -0.3 is 14.7 Å². The number of likely N-dealkylation sites (N-methyl/N-ethyl adjacent to an activating group) is 1. The highest BCUT2D eigenvalue weighted by atomic mass is 16.5. The van der Waals surface area contributed by atoms with Gasteiger partial charge in [-0.1, -0.05) is 36.4 Å². The van der Waals surface area contributed by atoms with Crippen molar-refractivity contribution in [1.29, 1.82) is 0 Å². The van der Waals surface area contributed by atoms with Gasteiger partial charge in [0.2, 0.25) is 0 Å². The molecule has 4 nitrogen and oxygen atoms in total. The molecule has 21 heavy (non-hydrogen) atoms. The second-order valence-corrected chi connectivity index (χ2v) is 4.82. The molecule has 0 aliphatic carbocycles. The molecule has 0 saturated heterocycles. The Kier molecular flexibility index (Phi) is 5.17. The summed E-state index contributed by atoms with van der Waals surface area (Å²) in [5.41, 5.74) is 1.04. The van der Waals surface area contributed by atoms with Crippen molar-refractivity contribution in [3.05, 3.63) is 42.5 Å². The van der Waals surface area contributed by atoms with E-state index in [-0.39, 0.29) is 0 Å². The van der Waals surface area contributed by atoms with E-state index in [0.29, 0.717) is 13.2 Å². The number of carboxylic acid groups (broad SMARTS) is 1. The number of anilines is 1. The van der Waals surface area contributed by atoms with Gasteiger partial charge in [0.25, 0.3) is 0 Å². The third-order valence-electron chi connectivity index (χ3n) is 3.52. The van der Waals surface area contributed by atoms with E-state index in [1.54, 1.807) is 0 Å². The van der Waals surface area contributed by atoms with Gasteiger partial charge in [0.1, 0.15) is 0 Å². The Hall–Kier alpha value is -2.07. The predicted molar refractivity (Wildman–Crippen MR) is 84.9 cm³/mol. The zero-order chi connectivity index (χ0) is 15.2. The van der Waals surface area contributed by atoms with Gasteiger partial charge in [0.05, 0.1) is 6.54 Å². The SMILES string of the molecule is CCOC(CN(CC)c1cccc2ccccc12)C(=O)O. The molecule has 0 spiro atoms. The van der Waals surface area contributed by atoms with E-state index in [1.807, 2.05) is 38.1 Å². The summed E-state index contributed by atoms with van der Waals surface area (Å²) in [5, 5.41) is 11.5. The fraction of sp³-hybridized carbons (Fsp3) is 0.353. The molecule has 0 aromatic heterocycles. The number of carbonyl (C=O) groups is 1. The quantitative estimate of drug-likeness (QED) is 0.850. The lowest BCUT2D eigenvalue weighted by Crippen LogP contribution is -2.39. The molecule has 2 rings (SSSR count).